The Labute approximate surface area is 110 Å². The van der Waals surface area contributed by atoms with Crippen LogP contribution in [0.4, 0.5) is 0 Å². The van der Waals surface area contributed by atoms with E-state index in [1.54, 1.807) is 7.11 Å². The third kappa shape index (κ3) is 4.57. The highest BCUT2D eigenvalue weighted by molar-refractivity contribution is 5.40. The molecule has 1 aromatic rings. The van der Waals surface area contributed by atoms with E-state index in [4.69, 9.17) is 9.47 Å². The van der Waals surface area contributed by atoms with Crippen LogP contribution in [-0.2, 0) is 6.54 Å². The second kappa shape index (κ2) is 7.27. The zero-order valence-corrected chi connectivity index (χ0v) is 12.1. The lowest BCUT2D eigenvalue weighted by molar-refractivity contribution is 0.214. The number of ether oxygens (including phenoxy) is 2. The smallest absolute Gasteiger partial charge is 0.127 e. The Kier molecular flexibility index (Phi) is 5.99. The van der Waals surface area contributed by atoms with Crippen LogP contribution in [0.3, 0.4) is 0 Å². The van der Waals surface area contributed by atoms with Crippen molar-refractivity contribution in [2.45, 2.75) is 52.8 Å². The molecule has 18 heavy (non-hydrogen) atoms. The van der Waals surface area contributed by atoms with Gasteiger partial charge in [-0.05, 0) is 19.4 Å². The van der Waals surface area contributed by atoms with Gasteiger partial charge < -0.3 is 14.8 Å². The van der Waals surface area contributed by atoms with Crippen LogP contribution in [-0.4, -0.2) is 19.3 Å². The SMILES string of the molecule is CCC(C)Oc1cc(OC)ccc1CNC(C)C. The van der Waals surface area contributed by atoms with Crippen molar-refractivity contribution in [3.8, 4) is 11.5 Å². The zero-order valence-electron chi connectivity index (χ0n) is 12.1. The Hall–Kier alpha value is -1.22. The van der Waals surface area contributed by atoms with Gasteiger partial charge in [-0.25, -0.2) is 0 Å². The lowest BCUT2D eigenvalue weighted by atomic mass is 10.1. The summed E-state index contributed by atoms with van der Waals surface area (Å²) in [6.07, 6.45) is 1.21. The number of hydrogen-bond acceptors (Lipinski definition) is 3. The number of methoxy groups -OCH3 is 1. The summed E-state index contributed by atoms with van der Waals surface area (Å²) in [6.45, 7) is 9.29. The summed E-state index contributed by atoms with van der Waals surface area (Å²) in [5.74, 6) is 1.75. The lowest BCUT2D eigenvalue weighted by Crippen LogP contribution is -2.22. The first-order valence-electron chi connectivity index (χ1n) is 6.63. The maximum absolute atomic E-state index is 5.95. The number of rotatable bonds is 7. The molecule has 3 heteroatoms. The van der Waals surface area contributed by atoms with Crippen LogP contribution < -0.4 is 14.8 Å². The van der Waals surface area contributed by atoms with Crippen LogP contribution in [0.25, 0.3) is 0 Å². The van der Waals surface area contributed by atoms with E-state index in [9.17, 15) is 0 Å². The molecule has 0 aliphatic carbocycles. The van der Waals surface area contributed by atoms with E-state index >= 15 is 0 Å². The minimum atomic E-state index is 0.218. The normalized spacial score (nSPS) is 12.6. The van der Waals surface area contributed by atoms with Gasteiger partial charge in [0.05, 0.1) is 13.2 Å². The third-order valence-electron chi connectivity index (χ3n) is 2.88. The molecule has 1 aromatic carbocycles. The van der Waals surface area contributed by atoms with Gasteiger partial charge >= 0.3 is 0 Å². The van der Waals surface area contributed by atoms with E-state index in [1.807, 2.05) is 12.1 Å². The first-order valence-corrected chi connectivity index (χ1v) is 6.63. The molecule has 0 bridgehead atoms. The van der Waals surface area contributed by atoms with Gasteiger partial charge in [0.2, 0.25) is 0 Å². The van der Waals surface area contributed by atoms with Gasteiger partial charge in [-0.1, -0.05) is 26.8 Å². The lowest BCUT2D eigenvalue weighted by Gasteiger charge is -2.18. The van der Waals surface area contributed by atoms with Crippen LogP contribution in [0.2, 0.25) is 0 Å². The molecule has 0 saturated heterocycles. The molecule has 0 aliphatic heterocycles. The van der Waals surface area contributed by atoms with Crippen molar-refractivity contribution >= 4 is 0 Å². The van der Waals surface area contributed by atoms with Crippen LogP contribution in [0, 0.1) is 0 Å². The fourth-order valence-corrected chi connectivity index (χ4v) is 1.53. The molecule has 0 radical (unpaired) electrons. The van der Waals surface area contributed by atoms with Gasteiger partial charge in [-0.15, -0.1) is 0 Å². The summed E-state index contributed by atoms with van der Waals surface area (Å²) < 4.78 is 11.2. The minimum absolute atomic E-state index is 0.218. The maximum Gasteiger partial charge on any atom is 0.127 e. The second-order valence-electron chi connectivity index (χ2n) is 4.85. The Balaban J connectivity index is 2.85. The highest BCUT2D eigenvalue weighted by Crippen LogP contribution is 2.26. The summed E-state index contributed by atoms with van der Waals surface area (Å²) in [5.41, 5.74) is 1.17. The van der Waals surface area contributed by atoms with Gasteiger partial charge in [0.15, 0.2) is 0 Å². The van der Waals surface area contributed by atoms with E-state index in [1.165, 1.54) is 5.56 Å². The standard InChI is InChI=1S/C15H25NO2/c1-6-12(4)18-15-9-14(17-5)8-7-13(15)10-16-11(2)3/h7-9,11-12,16H,6,10H2,1-5H3. The van der Waals surface area contributed by atoms with Crippen molar-refractivity contribution in [2.75, 3.05) is 7.11 Å². The molecule has 102 valence electrons. The molecule has 0 heterocycles. The fraction of sp³-hybridized carbons (Fsp3) is 0.600. The van der Waals surface area contributed by atoms with Gasteiger partial charge in [-0.2, -0.15) is 0 Å². The van der Waals surface area contributed by atoms with E-state index in [2.05, 4.69) is 39.1 Å². The molecule has 0 saturated carbocycles. The molecule has 0 aromatic heterocycles. The van der Waals surface area contributed by atoms with Crippen LogP contribution >= 0.6 is 0 Å². The monoisotopic (exact) mass is 251 g/mol. The first kappa shape index (κ1) is 14.8. The van der Waals surface area contributed by atoms with Crippen LogP contribution in [0.15, 0.2) is 18.2 Å². The van der Waals surface area contributed by atoms with Gasteiger partial charge in [0.25, 0.3) is 0 Å². The molecule has 1 atom stereocenters. The van der Waals surface area contributed by atoms with Crippen molar-refractivity contribution in [3.63, 3.8) is 0 Å². The predicted molar refractivity (Wildman–Crippen MR) is 75.4 cm³/mol. The van der Waals surface area contributed by atoms with E-state index in [-0.39, 0.29) is 6.10 Å². The second-order valence-corrected chi connectivity index (χ2v) is 4.85. The van der Waals surface area contributed by atoms with Crippen molar-refractivity contribution < 1.29 is 9.47 Å². The molecule has 0 spiro atoms. The van der Waals surface area contributed by atoms with Crippen molar-refractivity contribution in [3.05, 3.63) is 23.8 Å². The number of nitrogens with one attached hydrogen (secondary N) is 1. The van der Waals surface area contributed by atoms with Crippen LogP contribution in [0.5, 0.6) is 11.5 Å². The van der Waals surface area contributed by atoms with E-state index < -0.39 is 0 Å². The highest BCUT2D eigenvalue weighted by Gasteiger charge is 2.09. The maximum atomic E-state index is 5.95. The molecule has 0 aliphatic rings. The Morgan fingerprint density at radius 2 is 1.94 bits per heavy atom. The van der Waals surface area contributed by atoms with Gasteiger partial charge in [0.1, 0.15) is 11.5 Å². The van der Waals surface area contributed by atoms with Crippen molar-refractivity contribution in [2.24, 2.45) is 0 Å². The van der Waals surface area contributed by atoms with Gasteiger partial charge in [-0.3, -0.25) is 0 Å². The molecule has 1 unspecified atom stereocenters. The Morgan fingerprint density at radius 1 is 1.22 bits per heavy atom. The summed E-state index contributed by atoms with van der Waals surface area (Å²) >= 11 is 0. The Morgan fingerprint density at radius 3 is 2.50 bits per heavy atom. The zero-order chi connectivity index (χ0) is 13.5. The van der Waals surface area contributed by atoms with E-state index in [0.29, 0.717) is 6.04 Å². The number of hydrogen-bond donors (Lipinski definition) is 1. The van der Waals surface area contributed by atoms with Crippen molar-refractivity contribution in [1.29, 1.82) is 0 Å². The average molecular weight is 251 g/mol. The number of benzene rings is 1. The van der Waals surface area contributed by atoms with Crippen molar-refractivity contribution in [1.82, 2.24) is 5.32 Å². The highest BCUT2D eigenvalue weighted by atomic mass is 16.5. The summed E-state index contributed by atoms with van der Waals surface area (Å²) in [7, 11) is 1.68. The summed E-state index contributed by atoms with van der Waals surface area (Å²) in [6, 6.07) is 6.46. The van der Waals surface area contributed by atoms with Gasteiger partial charge in [0, 0.05) is 24.2 Å². The third-order valence-corrected chi connectivity index (χ3v) is 2.88. The predicted octanol–water partition coefficient (Wildman–Crippen LogP) is 3.37. The minimum Gasteiger partial charge on any atom is -0.497 e. The summed E-state index contributed by atoms with van der Waals surface area (Å²) in [5, 5.41) is 3.41. The first-order chi connectivity index (χ1) is 8.56. The summed E-state index contributed by atoms with van der Waals surface area (Å²) in [4.78, 5) is 0. The molecule has 3 nitrogen and oxygen atoms in total. The quantitative estimate of drug-likeness (QED) is 0.806. The largest absolute Gasteiger partial charge is 0.497 e. The molecule has 1 N–H and O–H groups in total. The van der Waals surface area contributed by atoms with Crippen LogP contribution in [0.1, 0.15) is 39.7 Å². The molecule has 1 rings (SSSR count). The molecule has 0 amide bonds. The molecule has 0 fully saturated rings. The van der Waals surface area contributed by atoms with E-state index in [0.717, 1.165) is 24.5 Å². The molecular weight excluding hydrogens is 226 g/mol. The topological polar surface area (TPSA) is 30.5 Å². The molecular formula is C15H25NO2. The fourth-order valence-electron chi connectivity index (χ4n) is 1.53. The average Bonchev–Trinajstić information content (AvgIpc) is 2.36. The Bertz CT molecular complexity index is 364.